The van der Waals surface area contributed by atoms with E-state index < -0.39 is 0 Å². The quantitative estimate of drug-likeness (QED) is 0.584. The van der Waals surface area contributed by atoms with Gasteiger partial charge in [-0.15, -0.1) is 22.0 Å². The second kappa shape index (κ2) is 6.01. The molecule has 0 aliphatic heterocycles. The molecule has 21 heavy (non-hydrogen) atoms. The van der Waals surface area contributed by atoms with Crippen LogP contribution >= 0.6 is 11.8 Å². The Labute approximate surface area is 127 Å². The first-order valence-corrected chi connectivity index (χ1v) is 7.57. The van der Waals surface area contributed by atoms with Crippen molar-refractivity contribution in [1.82, 2.24) is 10.2 Å². The van der Waals surface area contributed by atoms with Gasteiger partial charge in [0.25, 0.3) is 0 Å². The highest BCUT2D eigenvalue weighted by Gasteiger charge is 2.09. The average molecular weight is 297 g/mol. The fourth-order valence-electron chi connectivity index (χ4n) is 1.95. The summed E-state index contributed by atoms with van der Waals surface area (Å²) in [4.78, 5) is 1.03. The van der Waals surface area contributed by atoms with Crippen LogP contribution in [-0.4, -0.2) is 10.2 Å². The minimum atomic E-state index is 0.545. The lowest BCUT2D eigenvalue weighted by Crippen LogP contribution is -1.90. The number of hydrogen-bond donors (Lipinski definition) is 1. The van der Waals surface area contributed by atoms with E-state index in [9.17, 15) is 0 Å². The normalized spacial score (nSPS) is 10.7. The summed E-state index contributed by atoms with van der Waals surface area (Å²) in [5.74, 6) is 1.74. The standard InChI is InChI=1S/C16H15N3OS/c1-11-7-8-14(13(17)9-11)21-10-15-18-19-16(20-15)12-5-3-2-4-6-12/h2-9H,10,17H2,1H3. The zero-order valence-corrected chi connectivity index (χ0v) is 12.4. The molecule has 1 heterocycles. The van der Waals surface area contributed by atoms with E-state index >= 15 is 0 Å². The van der Waals surface area contributed by atoms with Gasteiger partial charge in [-0.3, -0.25) is 0 Å². The van der Waals surface area contributed by atoms with Gasteiger partial charge < -0.3 is 10.2 Å². The van der Waals surface area contributed by atoms with Crippen molar-refractivity contribution in [3.63, 3.8) is 0 Å². The number of thioether (sulfide) groups is 1. The highest BCUT2D eigenvalue weighted by molar-refractivity contribution is 7.98. The van der Waals surface area contributed by atoms with Crippen LogP contribution in [0.2, 0.25) is 0 Å². The number of hydrogen-bond acceptors (Lipinski definition) is 5. The molecule has 106 valence electrons. The number of anilines is 1. The van der Waals surface area contributed by atoms with Gasteiger partial charge >= 0.3 is 0 Å². The molecule has 2 aromatic carbocycles. The van der Waals surface area contributed by atoms with Gasteiger partial charge in [0.15, 0.2) is 0 Å². The van der Waals surface area contributed by atoms with Crippen molar-refractivity contribution in [2.24, 2.45) is 0 Å². The Morgan fingerprint density at radius 3 is 2.67 bits per heavy atom. The number of nitrogens with zero attached hydrogens (tertiary/aromatic N) is 2. The monoisotopic (exact) mass is 297 g/mol. The van der Waals surface area contributed by atoms with Crippen molar-refractivity contribution in [3.05, 3.63) is 60.0 Å². The lowest BCUT2D eigenvalue weighted by atomic mass is 10.2. The number of rotatable bonds is 4. The van der Waals surface area contributed by atoms with E-state index in [4.69, 9.17) is 10.2 Å². The number of aromatic nitrogens is 2. The summed E-state index contributed by atoms with van der Waals surface area (Å²) in [7, 11) is 0. The van der Waals surface area contributed by atoms with Crippen molar-refractivity contribution in [2.75, 3.05) is 5.73 Å². The minimum absolute atomic E-state index is 0.545. The van der Waals surface area contributed by atoms with E-state index in [2.05, 4.69) is 10.2 Å². The van der Waals surface area contributed by atoms with Gasteiger partial charge in [-0.05, 0) is 36.8 Å². The molecule has 0 unspecified atom stereocenters. The molecule has 0 saturated heterocycles. The lowest BCUT2D eigenvalue weighted by molar-refractivity contribution is 0.528. The molecule has 0 saturated carbocycles. The highest BCUT2D eigenvalue weighted by Crippen LogP contribution is 2.29. The fraction of sp³-hybridized carbons (Fsp3) is 0.125. The van der Waals surface area contributed by atoms with Gasteiger partial charge in [-0.25, -0.2) is 0 Å². The zero-order chi connectivity index (χ0) is 14.7. The Kier molecular flexibility index (Phi) is 3.92. The van der Waals surface area contributed by atoms with Gasteiger partial charge in [0.2, 0.25) is 11.8 Å². The van der Waals surface area contributed by atoms with E-state index in [1.165, 1.54) is 0 Å². The van der Waals surface area contributed by atoms with Crippen LogP contribution < -0.4 is 5.73 Å². The van der Waals surface area contributed by atoms with Gasteiger partial charge in [-0.2, -0.15) is 0 Å². The summed E-state index contributed by atoms with van der Waals surface area (Å²) in [6.45, 7) is 2.02. The molecule has 5 heteroatoms. The molecule has 3 rings (SSSR count). The maximum Gasteiger partial charge on any atom is 0.247 e. The molecule has 0 spiro atoms. The lowest BCUT2D eigenvalue weighted by Gasteiger charge is -2.04. The van der Waals surface area contributed by atoms with Gasteiger partial charge in [0.1, 0.15) is 0 Å². The molecular weight excluding hydrogens is 282 g/mol. The summed E-state index contributed by atoms with van der Waals surface area (Å²) in [5.41, 5.74) is 8.86. The van der Waals surface area contributed by atoms with Crippen LogP contribution in [0.1, 0.15) is 11.5 Å². The largest absolute Gasteiger partial charge is 0.420 e. The molecule has 0 bridgehead atoms. The molecular formula is C16H15N3OS. The second-order valence-electron chi connectivity index (χ2n) is 4.70. The third-order valence-electron chi connectivity index (χ3n) is 3.00. The smallest absolute Gasteiger partial charge is 0.247 e. The third-order valence-corrected chi connectivity index (χ3v) is 4.08. The van der Waals surface area contributed by atoms with Crippen molar-refractivity contribution < 1.29 is 4.42 Å². The first kappa shape index (κ1) is 13.7. The number of nitrogens with two attached hydrogens (primary N) is 1. The minimum Gasteiger partial charge on any atom is -0.420 e. The van der Waals surface area contributed by atoms with Gasteiger partial charge in [-0.1, -0.05) is 24.3 Å². The van der Waals surface area contributed by atoms with Gasteiger partial charge in [0.05, 0.1) is 5.75 Å². The molecule has 0 amide bonds. The molecule has 3 aromatic rings. The average Bonchev–Trinajstić information content (AvgIpc) is 2.96. The molecule has 4 nitrogen and oxygen atoms in total. The molecule has 0 fully saturated rings. The topological polar surface area (TPSA) is 64.9 Å². The SMILES string of the molecule is Cc1ccc(SCc2nnc(-c3ccccc3)o2)c(N)c1. The van der Waals surface area contributed by atoms with Gasteiger partial charge in [0, 0.05) is 16.1 Å². The summed E-state index contributed by atoms with van der Waals surface area (Å²) in [6.07, 6.45) is 0. The molecule has 0 atom stereocenters. The maximum atomic E-state index is 5.99. The van der Waals surface area contributed by atoms with E-state index in [0.717, 1.165) is 21.7 Å². The summed E-state index contributed by atoms with van der Waals surface area (Å²) >= 11 is 1.60. The fourth-order valence-corrected chi connectivity index (χ4v) is 2.73. The van der Waals surface area contributed by atoms with Crippen molar-refractivity contribution in [1.29, 1.82) is 0 Å². The van der Waals surface area contributed by atoms with Crippen LogP contribution in [0.3, 0.4) is 0 Å². The number of benzene rings is 2. The van der Waals surface area contributed by atoms with E-state index in [1.54, 1.807) is 11.8 Å². The molecule has 0 aliphatic carbocycles. The van der Waals surface area contributed by atoms with Crippen LogP contribution in [-0.2, 0) is 5.75 Å². The molecule has 0 aliphatic rings. The first-order chi connectivity index (χ1) is 10.2. The third kappa shape index (κ3) is 3.25. The molecule has 2 N–H and O–H groups in total. The van der Waals surface area contributed by atoms with Crippen molar-refractivity contribution in [2.45, 2.75) is 17.6 Å². The van der Waals surface area contributed by atoms with E-state index in [0.29, 0.717) is 17.5 Å². The molecule has 1 aromatic heterocycles. The van der Waals surface area contributed by atoms with Crippen LogP contribution in [0.4, 0.5) is 5.69 Å². The summed E-state index contributed by atoms with van der Waals surface area (Å²) < 4.78 is 5.67. The van der Waals surface area contributed by atoms with Crippen molar-refractivity contribution in [3.8, 4) is 11.5 Å². The highest BCUT2D eigenvalue weighted by atomic mass is 32.2. The van der Waals surface area contributed by atoms with Crippen LogP contribution in [0, 0.1) is 6.92 Å². The van der Waals surface area contributed by atoms with Crippen molar-refractivity contribution >= 4 is 17.4 Å². The Morgan fingerprint density at radius 2 is 1.90 bits per heavy atom. The first-order valence-electron chi connectivity index (χ1n) is 6.59. The van der Waals surface area contributed by atoms with Crippen LogP contribution in [0.15, 0.2) is 57.8 Å². The zero-order valence-electron chi connectivity index (χ0n) is 11.6. The van der Waals surface area contributed by atoms with Crippen LogP contribution in [0.25, 0.3) is 11.5 Å². The Hall–Kier alpha value is -2.27. The van der Waals surface area contributed by atoms with Crippen LogP contribution in [0.5, 0.6) is 0 Å². The summed E-state index contributed by atoms with van der Waals surface area (Å²) in [6, 6.07) is 15.8. The predicted octanol–water partition coefficient (Wildman–Crippen LogP) is 3.92. The molecule has 0 radical (unpaired) electrons. The second-order valence-corrected chi connectivity index (χ2v) is 5.71. The van der Waals surface area contributed by atoms with E-state index in [1.807, 2.05) is 55.5 Å². The predicted molar refractivity (Wildman–Crippen MR) is 84.9 cm³/mol. The number of nitrogen functional groups attached to an aromatic ring is 1. The van der Waals surface area contributed by atoms with E-state index in [-0.39, 0.29) is 0 Å². The number of aryl methyl sites for hydroxylation is 1. The Balaban J connectivity index is 1.70. The maximum absolute atomic E-state index is 5.99. The summed E-state index contributed by atoms with van der Waals surface area (Å²) in [5, 5.41) is 8.15. The Bertz CT molecular complexity index is 740. The Morgan fingerprint density at radius 1 is 1.10 bits per heavy atom.